The van der Waals surface area contributed by atoms with E-state index in [0.29, 0.717) is 30.0 Å². The van der Waals surface area contributed by atoms with E-state index in [4.69, 9.17) is 14.2 Å². The van der Waals surface area contributed by atoms with Crippen LogP contribution in [0.15, 0.2) is 66.7 Å². The second-order valence-corrected chi connectivity index (χ2v) is 11.4. The number of methoxy groups -OCH3 is 1. The highest BCUT2D eigenvalue weighted by molar-refractivity contribution is 6.08. The molecule has 5 rings (SSSR count). The fraction of sp³-hybridized carbons (Fsp3) is 0.303. The Balaban J connectivity index is 1.57. The maximum absolute atomic E-state index is 12.9. The van der Waals surface area contributed by atoms with Crippen LogP contribution < -0.4 is 14.8 Å². The van der Waals surface area contributed by atoms with E-state index in [1.165, 1.54) is 0 Å². The summed E-state index contributed by atoms with van der Waals surface area (Å²) in [6.45, 7) is 7.70. The Hall–Kier alpha value is -4.83. The van der Waals surface area contributed by atoms with Crippen molar-refractivity contribution >= 4 is 29.0 Å². The number of aromatic carboxylic acids is 1. The highest BCUT2D eigenvalue weighted by atomic mass is 16.6. The summed E-state index contributed by atoms with van der Waals surface area (Å²) in [5.41, 5.74) is 4.06. The van der Waals surface area contributed by atoms with Gasteiger partial charge in [0.25, 0.3) is 0 Å². The first-order chi connectivity index (χ1) is 20.6. The van der Waals surface area contributed by atoms with Crippen molar-refractivity contribution in [1.82, 2.24) is 14.8 Å². The molecular weight excluding hydrogens is 550 g/mol. The predicted octanol–water partition coefficient (Wildman–Crippen LogP) is 5.90. The van der Waals surface area contributed by atoms with Crippen molar-refractivity contribution in [2.45, 2.75) is 32.7 Å². The number of carbonyl (C=O) groups is 3. The number of carboxylic acids is 1. The maximum Gasteiger partial charge on any atom is 0.423 e. The van der Waals surface area contributed by atoms with Crippen LogP contribution in [0.2, 0.25) is 0 Å². The summed E-state index contributed by atoms with van der Waals surface area (Å²) >= 11 is 0. The summed E-state index contributed by atoms with van der Waals surface area (Å²) in [6.07, 6.45) is -0.811. The Morgan fingerprint density at radius 2 is 1.70 bits per heavy atom. The third kappa shape index (κ3) is 6.34. The van der Waals surface area contributed by atoms with E-state index in [0.717, 1.165) is 26.9 Å². The van der Waals surface area contributed by atoms with Crippen LogP contribution in [0.3, 0.4) is 0 Å². The van der Waals surface area contributed by atoms with E-state index in [1.54, 1.807) is 29.9 Å². The van der Waals surface area contributed by atoms with Gasteiger partial charge < -0.3 is 29.2 Å². The van der Waals surface area contributed by atoms with Gasteiger partial charge in [-0.2, -0.15) is 0 Å². The molecule has 0 saturated carbocycles. The first kappa shape index (κ1) is 29.7. The van der Waals surface area contributed by atoms with Crippen LogP contribution in [0, 0.1) is 0 Å². The molecule has 3 amide bonds. The van der Waals surface area contributed by atoms with Crippen LogP contribution in [0.5, 0.6) is 11.5 Å². The summed E-state index contributed by atoms with van der Waals surface area (Å²) in [5.74, 6) is -0.485. The number of amides is 3. The molecule has 0 aliphatic carbocycles. The third-order valence-corrected chi connectivity index (χ3v) is 7.33. The summed E-state index contributed by atoms with van der Waals surface area (Å²) in [4.78, 5) is 38.6. The van der Waals surface area contributed by atoms with Gasteiger partial charge in [-0.1, -0.05) is 63.2 Å². The normalized spacial score (nSPS) is 13.3. The SMILES string of the molecule is COCCOc1cc(Cn2c(C(=O)O)c(-c3ccc(C(C)(C)C)cc3)c3ccccc32)cc(OC(=O)N2CCNC2=O)c1. The van der Waals surface area contributed by atoms with Crippen molar-refractivity contribution in [2.75, 3.05) is 33.4 Å². The number of hydrogen-bond acceptors (Lipinski definition) is 6. The maximum atomic E-state index is 12.9. The molecule has 1 saturated heterocycles. The number of imide groups is 1. The first-order valence-corrected chi connectivity index (χ1v) is 14.0. The number of rotatable bonds is 9. The van der Waals surface area contributed by atoms with Gasteiger partial charge >= 0.3 is 18.1 Å². The third-order valence-electron chi connectivity index (χ3n) is 7.33. The van der Waals surface area contributed by atoms with Gasteiger partial charge in [-0.05, 0) is 40.3 Å². The lowest BCUT2D eigenvalue weighted by atomic mass is 9.86. The second kappa shape index (κ2) is 12.2. The van der Waals surface area contributed by atoms with Crippen LogP contribution in [0.4, 0.5) is 9.59 Å². The smallest absolute Gasteiger partial charge is 0.423 e. The van der Waals surface area contributed by atoms with E-state index in [2.05, 4.69) is 26.1 Å². The van der Waals surface area contributed by atoms with Gasteiger partial charge in [0.05, 0.1) is 13.2 Å². The molecule has 0 spiro atoms. The highest BCUT2D eigenvalue weighted by Crippen LogP contribution is 2.37. The number of urea groups is 1. The second-order valence-electron chi connectivity index (χ2n) is 11.4. The Morgan fingerprint density at radius 1 is 0.977 bits per heavy atom. The van der Waals surface area contributed by atoms with E-state index in [9.17, 15) is 19.5 Å². The molecular formula is C33H35N3O7. The summed E-state index contributed by atoms with van der Waals surface area (Å²) in [7, 11) is 1.56. The highest BCUT2D eigenvalue weighted by Gasteiger charge is 2.29. The van der Waals surface area contributed by atoms with Gasteiger partial charge in [0.2, 0.25) is 0 Å². The molecule has 10 heteroatoms. The lowest BCUT2D eigenvalue weighted by molar-refractivity contribution is 0.0687. The molecule has 3 aromatic carbocycles. The van der Waals surface area contributed by atoms with E-state index >= 15 is 0 Å². The Morgan fingerprint density at radius 3 is 2.35 bits per heavy atom. The largest absolute Gasteiger partial charge is 0.491 e. The fourth-order valence-corrected chi connectivity index (χ4v) is 5.21. The molecule has 0 unspecified atom stereocenters. The predicted molar refractivity (Wildman–Crippen MR) is 162 cm³/mol. The summed E-state index contributed by atoms with van der Waals surface area (Å²) in [5, 5.41) is 13.9. The zero-order chi connectivity index (χ0) is 30.7. The zero-order valence-corrected chi connectivity index (χ0v) is 24.7. The van der Waals surface area contributed by atoms with E-state index in [1.807, 2.05) is 48.5 Å². The number of nitrogens with one attached hydrogen (secondary N) is 1. The molecule has 1 aliphatic heterocycles. The van der Waals surface area contributed by atoms with Crippen LogP contribution in [-0.2, 0) is 16.7 Å². The number of fused-ring (bicyclic) bond motifs is 1. The van der Waals surface area contributed by atoms with Crippen LogP contribution in [0.1, 0.15) is 42.4 Å². The van der Waals surface area contributed by atoms with Gasteiger partial charge in [0, 0.05) is 42.7 Å². The van der Waals surface area contributed by atoms with Crippen molar-refractivity contribution in [1.29, 1.82) is 0 Å². The molecule has 1 aromatic heterocycles. The van der Waals surface area contributed by atoms with Gasteiger partial charge in [0.15, 0.2) is 0 Å². The van der Waals surface area contributed by atoms with Crippen molar-refractivity contribution in [3.05, 3.63) is 83.6 Å². The van der Waals surface area contributed by atoms with Gasteiger partial charge in [0.1, 0.15) is 23.8 Å². The van der Waals surface area contributed by atoms with Crippen LogP contribution in [0.25, 0.3) is 22.0 Å². The van der Waals surface area contributed by atoms with Crippen LogP contribution >= 0.6 is 0 Å². The lowest BCUT2D eigenvalue weighted by Gasteiger charge is -2.19. The zero-order valence-electron chi connectivity index (χ0n) is 24.7. The molecule has 2 N–H and O–H groups in total. The Kier molecular flexibility index (Phi) is 8.40. The molecule has 0 bridgehead atoms. The van der Waals surface area contributed by atoms with Crippen molar-refractivity contribution in [3.8, 4) is 22.6 Å². The molecule has 10 nitrogen and oxygen atoms in total. The fourth-order valence-electron chi connectivity index (χ4n) is 5.21. The molecule has 2 heterocycles. The number of nitrogens with zero attached hydrogens (tertiary/aromatic N) is 2. The lowest BCUT2D eigenvalue weighted by Crippen LogP contribution is -2.36. The minimum Gasteiger partial charge on any atom is -0.491 e. The molecule has 224 valence electrons. The minimum absolute atomic E-state index is 0.0434. The molecule has 4 aromatic rings. The number of benzene rings is 3. The monoisotopic (exact) mass is 585 g/mol. The number of carbonyl (C=O) groups excluding carboxylic acids is 2. The molecule has 43 heavy (non-hydrogen) atoms. The molecule has 0 radical (unpaired) electrons. The first-order valence-electron chi connectivity index (χ1n) is 14.0. The van der Waals surface area contributed by atoms with Gasteiger partial charge in [-0.15, -0.1) is 0 Å². The Bertz CT molecular complexity index is 1670. The summed E-state index contributed by atoms with van der Waals surface area (Å²) < 4.78 is 18.2. The number of hydrogen-bond donors (Lipinski definition) is 2. The topological polar surface area (TPSA) is 119 Å². The average Bonchev–Trinajstić information content (AvgIpc) is 3.54. The van der Waals surface area contributed by atoms with Gasteiger partial charge in [-0.25, -0.2) is 19.3 Å². The van der Waals surface area contributed by atoms with E-state index in [-0.39, 0.29) is 36.6 Å². The quantitative estimate of drug-likeness (QED) is 0.235. The van der Waals surface area contributed by atoms with Crippen molar-refractivity contribution in [2.24, 2.45) is 0 Å². The number of carboxylic acid groups (broad SMARTS) is 1. The average molecular weight is 586 g/mol. The molecule has 1 fully saturated rings. The molecule has 0 atom stereocenters. The van der Waals surface area contributed by atoms with Crippen molar-refractivity contribution < 1.29 is 33.7 Å². The summed E-state index contributed by atoms with van der Waals surface area (Å²) in [6, 6.07) is 20.0. The number of para-hydroxylation sites is 1. The number of aromatic nitrogens is 1. The minimum atomic E-state index is -1.06. The standard InChI is InChI=1S/C33H35N3O7/c1-33(2,3)23-11-9-22(10-12-23)28-26-7-5-6-8-27(26)36(29(28)30(37)38)20-21-17-24(42-16-15-41-4)19-25(18-21)43-32(40)35-14-13-34-31(35)39/h5-12,17-19H,13-16,20H2,1-4H3,(H,34,39)(H,37,38). The van der Waals surface area contributed by atoms with Crippen molar-refractivity contribution in [3.63, 3.8) is 0 Å². The number of ether oxygens (including phenoxy) is 3. The Labute approximate surface area is 249 Å². The van der Waals surface area contributed by atoms with E-state index < -0.39 is 18.1 Å². The van der Waals surface area contributed by atoms with Gasteiger partial charge in [-0.3, -0.25) is 0 Å². The molecule has 1 aliphatic rings. The van der Waals surface area contributed by atoms with Crippen LogP contribution in [-0.4, -0.2) is 66.1 Å².